The second kappa shape index (κ2) is 7.66. The highest BCUT2D eigenvalue weighted by atomic mass is 32.2. The number of hydrazine groups is 1. The SMILES string of the molecule is Cc1oc(-c2ccccc2)nc1CSC1=NNC(=O)C2CC(c3cccs3)NN12. The molecule has 4 heterocycles. The summed E-state index contributed by atoms with van der Waals surface area (Å²) in [5.74, 6) is 1.93. The third-order valence-corrected chi connectivity index (χ3v) is 6.92. The van der Waals surface area contributed by atoms with Crippen LogP contribution in [0.3, 0.4) is 0 Å². The first kappa shape index (κ1) is 18.4. The largest absolute Gasteiger partial charge is 0.441 e. The fourth-order valence-corrected chi connectivity index (χ4v) is 5.20. The van der Waals surface area contributed by atoms with E-state index in [1.165, 1.54) is 16.6 Å². The monoisotopic (exact) mass is 425 g/mol. The molecule has 2 aromatic heterocycles. The number of benzene rings is 1. The molecule has 9 heteroatoms. The number of oxazole rings is 1. The number of carbonyl (C=O) groups is 1. The molecule has 2 aliphatic rings. The van der Waals surface area contributed by atoms with E-state index in [9.17, 15) is 4.79 Å². The predicted octanol–water partition coefficient (Wildman–Crippen LogP) is 3.67. The van der Waals surface area contributed by atoms with Gasteiger partial charge < -0.3 is 4.42 Å². The summed E-state index contributed by atoms with van der Waals surface area (Å²) >= 11 is 3.22. The molecule has 0 bridgehead atoms. The molecule has 148 valence electrons. The van der Waals surface area contributed by atoms with E-state index in [1.54, 1.807) is 11.3 Å². The van der Waals surface area contributed by atoms with Gasteiger partial charge in [-0.1, -0.05) is 36.0 Å². The summed E-state index contributed by atoms with van der Waals surface area (Å²) in [7, 11) is 0. The standard InChI is InChI=1S/C20H19N5O2S2/c1-12-15(21-19(27-12)13-6-3-2-4-7-13)11-29-20-23-22-18(26)16-10-14(24-25(16)20)17-8-5-9-28-17/h2-9,14,16,24H,10-11H2,1H3,(H,22,26). The zero-order valence-electron chi connectivity index (χ0n) is 15.7. The van der Waals surface area contributed by atoms with Crippen molar-refractivity contribution in [2.45, 2.75) is 31.2 Å². The molecule has 1 amide bonds. The van der Waals surface area contributed by atoms with Crippen LogP contribution in [0.25, 0.3) is 11.5 Å². The fraction of sp³-hybridized carbons (Fsp3) is 0.250. The molecule has 7 nitrogen and oxygen atoms in total. The van der Waals surface area contributed by atoms with Crippen molar-refractivity contribution in [2.75, 3.05) is 0 Å². The second-order valence-electron chi connectivity index (χ2n) is 6.87. The minimum Gasteiger partial charge on any atom is -0.441 e. The summed E-state index contributed by atoms with van der Waals surface area (Å²) in [5, 5.41) is 8.94. The second-order valence-corrected chi connectivity index (χ2v) is 8.79. The number of rotatable bonds is 4. The molecule has 2 aliphatic heterocycles. The van der Waals surface area contributed by atoms with Gasteiger partial charge in [0.1, 0.15) is 11.8 Å². The highest BCUT2D eigenvalue weighted by Crippen LogP contribution is 2.34. The van der Waals surface area contributed by atoms with E-state index in [-0.39, 0.29) is 18.0 Å². The molecular weight excluding hydrogens is 406 g/mol. The van der Waals surface area contributed by atoms with E-state index in [0.29, 0.717) is 18.1 Å². The third-order valence-electron chi connectivity index (χ3n) is 4.97. The molecule has 0 spiro atoms. The van der Waals surface area contributed by atoms with Gasteiger partial charge in [0.05, 0.1) is 11.7 Å². The first-order valence-corrected chi connectivity index (χ1v) is 11.2. The Morgan fingerprint density at radius 2 is 2.14 bits per heavy atom. The Bertz CT molecular complexity index is 1050. The average molecular weight is 426 g/mol. The van der Waals surface area contributed by atoms with Gasteiger partial charge in [-0.15, -0.1) is 16.4 Å². The van der Waals surface area contributed by atoms with E-state index in [2.05, 4.69) is 32.4 Å². The number of hydrazone groups is 1. The number of fused-ring (bicyclic) bond motifs is 1. The smallest absolute Gasteiger partial charge is 0.264 e. The molecule has 2 unspecified atom stereocenters. The van der Waals surface area contributed by atoms with Crippen molar-refractivity contribution in [3.8, 4) is 11.5 Å². The summed E-state index contributed by atoms with van der Waals surface area (Å²) in [6, 6.07) is 13.8. The van der Waals surface area contributed by atoms with E-state index >= 15 is 0 Å². The van der Waals surface area contributed by atoms with Gasteiger partial charge in [0.15, 0.2) is 5.17 Å². The van der Waals surface area contributed by atoms with Crippen LogP contribution < -0.4 is 10.9 Å². The molecule has 2 atom stereocenters. The number of nitrogens with one attached hydrogen (secondary N) is 2. The lowest BCUT2D eigenvalue weighted by Crippen LogP contribution is -2.52. The van der Waals surface area contributed by atoms with Crippen LogP contribution in [0, 0.1) is 6.92 Å². The van der Waals surface area contributed by atoms with Crippen molar-refractivity contribution in [1.82, 2.24) is 20.8 Å². The van der Waals surface area contributed by atoms with Crippen LogP contribution in [-0.2, 0) is 10.5 Å². The Hall–Kier alpha value is -2.62. The van der Waals surface area contributed by atoms with Gasteiger partial charge in [-0.25, -0.2) is 15.8 Å². The number of amidine groups is 1. The Morgan fingerprint density at radius 1 is 1.28 bits per heavy atom. The van der Waals surface area contributed by atoms with Gasteiger partial charge in [0.25, 0.3) is 5.91 Å². The maximum atomic E-state index is 12.3. The number of aryl methyl sites for hydroxylation is 1. The minimum absolute atomic E-state index is 0.0788. The van der Waals surface area contributed by atoms with E-state index in [4.69, 9.17) is 4.42 Å². The molecule has 1 saturated heterocycles. The minimum atomic E-state index is -0.264. The van der Waals surface area contributed by atoms with Crippen LogP contribution in [0.5, 0.6) is 0 Å². The number of nitrogens with zero attached hydrogens (tertiary/aromatic N) is 3. The summed E-state index contributed by atoms with van der Waals surface area (Å²) < 4.78 is 5.85. The zero-order chi connectivity index (χ0) is 19.8. The Labute approximate surface area is 176 Å². The number of hydrogen-bond donors (Lipinski definition) is 2. The van der Waals surface area contributed by atoms with Gasteiger partial charge >= 0.3 is 0 Å². The molecule has 2 N–H and O–H groups in total. The summed E-state index contributed by atoms with van der Waals surface area (Å²) in [4.78, 5) is 18.2. The molecule has 5 rings (SSSR count). The number of hydrogen-bond acceptors (Lipinski definition) is 8. The topological polar surface area (TPSA) is 82.8 Å². The number of thiophene rings is 1. The van der Waals surface area contributed by atoms with Crippen molar-refractivity contribution in [3.63, 3.8) is 0 Å². The molecule has 0 saturated carbocycles. The lowest BCUT2D eigenvalue weighted by atomic mass is 10.1. The fourth-order valence-electron chi connectivity index (χ4n) is 3.45. The highest BCUT2D eigenvalue weighted by molar-refractivity contribution is 8.13. The summed E-state index contributed by atoms with van der Waals surface area (Å²) in [6.45, 7) is 1.92. The van der Waals surface area contributed by atoms with Crippen LogP contribution in [0.2, 0.25) is 0 Å². The van der Waals surface area contributed by atoms with Crippen molar-refractivity contribution in [2.24, 2.45) is 5.10 Å². The van der Waals surface area contributed by atoms with Crippen molar-refractivity contribution in [3.05, 3.63) is 64.2 Å². The molecule has 0 radical (unpaired) electrons. The summed E-state index contributed by atoms with van der Waals surface area (Å²) in [6.07, 6.45) is 0.715. The molecule has 1 aromatic carbocycles. The van der Waals surface area contributed by atoms with E-state index < -0.39 is 0 Å². The number of amides is 1. The van der Waals surface area contributed by atoms with Gasteiger partial charge in [-0.3, -0.25) is 9.80 Å². The van der Waals surface area contributed by atoms with Gasteiger partial charge in [-0.2, -0.15) is 0 Å². The van der Waals surface area contributed by atoms with Crippen molar-refractivity contribution in [1.29, 1.82) is 0 Å². The van der Waals surface area contributed by atoms with Gasteiger partial charge in [-0.05, 0) is 30.5 Å². The maximum Gasteiger partial charge on any atom is 0.264 e. The molecular formula is C20H19N5O2S2. The number of aromatic nitrogens is 1. The number of thioether (sulfide) groups is 1. The first-order valence-electron chi connectivity index (χ1n) is 9.30. The van der Waals surface area contributed by atoms with E-state index in [1.807, 2.05) is 48.3 Å². The van der Waals surface area contributed by atoms with Crippen LogP contribution in [-0.4, -0.2) is 27.1 Å². The molecule has 29 heavy (non-hydrogen) atoms. The van der Waals surface area contributed by atoms with E-state index in [0.717, 1.165) is 22.2 Å². The third kappa shape index (κ3) is 3.57. The molecule has 0 aliphatic carbocycles. The predicted molar refractivity (Wildman–Crippen MR) is 114 cm³/mol. The maximum absolute atomic E-state index is 12.3. The Kier molecular flexibility index (Phi) is 4.86. The van der Waals surface area contributed by atoms with Crippen molar-refractivity contribution >= 4 is 34.2 Å². The Morgan fingerprint density at radius 3 is 2.93 bits per heavy atom. The lowest BCUT2D eigenvalue weighted by Gasteiger charge is -2.29. The van der Waals surface area contributed by atoms with Crippen LogP contribution >= 0.6 is 23.1 Å². The first-order chi connectivity index (χ1) is 14.2. The van der Waals surface area contributed by atoms with Crippen LogP contribution in [0.15, 0.2) is 57.4 Å². The van der Waals surface area contributed by atoms with Gasteiger partial charge in [0.2, 0.25) is 5.89 Å². The average Bonchev–Trinajstić information content (AvgIpc) is 3.48. The number of carbonyl (C=O) groups excluding carboxylic acids is 1. The zero-order valence-corrected chi connectivity index (χ0v) is 17.3. The molecule has 3 aromatic rings. The lowest BCUT2D eigenvalue weighted by molar-refractivity contribution is -0.125. The highest BCUT2D eigenvalue weighted by Gasteiger charge is 2.42. The molecule has 1 fully saturated rings. The van der Waals surface area contributed by atoms with Crippen LogP contribution in [0.4, 0.5) is 0 Å². The normalized spacial score (nSPS) is 21.1. The van der Waals surface area contributed by atoms with Gasteiger partial charge in [0, 0.05) is 22.6 Å². The quantitative estimate of drug-likeness (QED) is 0.664. The van der Waals surface area contributed by atoms with Crippen LogP contribution in [0.1, 0.15) is 28.8 Å². The van der Waals surface area contributed by atoms with Crippen molar-refractivity contribution < 1.29 is 9.21 Å². The summed E-state index contributed by atoms with van der Waals surface area (Å²) in [5.41, 5.74) is 7.93. The Balaban J connectivity index is 1.31.